The quantitative estimate of drug-likeness (QED) is 0.168. The van der Waals surface area contributed by atoms with Crippen LogP contribution in [-0.4, -0.2) is 75.4 Å². The van der Waals surface area contributed by atoms with Gasteiger partial charge in [0.05, 0.1) is 11.8 Å². The molecule has 0 saturated carbocycles. The Morgan fingerprint density at radius 1 is 1.12 bits per heavy atom. The number of aryl methyl sites for hydroxylation is 3. The van der Waals surface area contributed by atoms with E-state index in [0.29, 0.717) is 49.6 Å². The first kappa shape index (κ1) is 36.6. The predicted molar refractivity (Wildman–Crippen MR) is 191 cm³/mol. The fourth-order valence-corrected chi connectivity index (χ4v) is 6.83. The summed E-state index contributed by atoms with van der Waals surface area (Å²) in [5.41, 5.74) is 3.80. The van der Waals surface area contributed by atoms with E-state index < -0.39 is 17.7 Å². The van der Waals surface area contributed by atoms with E-state index in [2.05, 4.69) is 20.2 Å². The summed E-state index contributed by atoms with van der Waals surface area (Å²) in [6.45, 7) is 9.72. The molecule has 1 aliphatic rings. The van der Waals surface area contributed by atoms with Crippen molar-refractivity contribution in [2.75, 3.05) is 32.1 Å². The van der Waals surface area contributed by atoms with Crippen molar-refractivity contribution in [2.45, 2.75) is 83.9 Å². The summed E-state index contributed by atoms with van der Waals surface area (Å²) < 4.78 is 29.9. The number of likely N-dealkylation sites (tertiary alicyclic amines) is 1. The summed E-state index contributed by atoms with van der Waals surface area (Å²) in [7, 11) is 3.46. The van der Waals surface area contributed by atoms with Crippen molar-refractivity contribution in [3.63, 3.8) is 0 Å². The standard InChI is InChI=1S/C38H49FN6O5/c1-25-30-11-7-12-31(39)35(30)45(18-9-19-49-6)34(25)27-10-8-17-44(22-27)33(46)21-29(42-37(48)50-38(2,3)4)20-26-13-15-28(16-14-26)41-36(47)32-23-43(5)24-40-32/h7,11-16,23-24,27,29H,8-10,17-22H2,1-6H3,(H,41,47)(H,42,48)/t27?,29-/m1/s1. The molecule has 2 aromatic heterocycles. The minimum absolute atomic E-state index is 0.0353. The molecule has 0 bridgehead atoms. The molecule has 1 aliphatic heterocycles. The zero-order valence-corrected chi connectivity index (χ0v) is 29.9. The van der Waals surface area contributed by atoms with Crippen LogP contribution in [0.2, 0.25) is 0 Å². The lowest BCUT2D eigenvalue weighted by Crippen LogP contribution is -2.46. The number of imidazole rings is 1. The van der Waals surface area contributed by atoms with Crippen LogP contribution in [0, 0.1) is 12.7 Å². The van der Waals surface area contributed by atoms with Crippen LogP contribution in [0.15, 0.2) is 55.0 Å². The number of alkyl carbamates (subject to hydrolysis) is 1. The number of para-hydroxylation sites is 1. The molecule has 0 radical (unpaired) electrons. The minimum atomic E-state index is -0.703. The SMILES string of the molecule is COCCCn1c(C2CCCN(C(=O)C[C@@H](Cc3ccc(NC(=O)c4cn(C)cn4)cc3)NC(=O)OC(C)(C)C)C2)c(C)c2cccc(F)c21. The van der Waals surface area contributed by atoms with Gasteiger partial charge in [-0.3, -0.25) is 9.59 Å². The van der Waals surface area contributed by atoms with Gasteiger partial charge in [-0.2, -0.15) is 0 Å². The summed E-state index contributed by atoms with van der Waals surface area (Å²) >= 11 is 0. The molecule has 3 amide bonds. The summed E-state index contributed by atoms with van der Waals surface area (Å²) in [6, 6.07) is 12.0. The van der Waals surface area contributed by atoms with E-state index in [1.807, 2.05) is 30.0 Å². The third-order valence-electron chi connectivity index (χ3n) is 9.00. The highest BCUT2D eigenvalue weighted by Crippen LogP contribution is 2.37. The maximum atomic E-state index is 15.2. The van der Waals surface area contributed by atoms with Crippen molar-refractivity contribution in [2.24, 2.45) is 7.05 Å². The van der Waals surface area contributed by atoms with Gasteiger partial charge in [0, 0.05) is 81.7 Å². The van der Waals surface area contributed by atoms with Crippen molar-refractivity contribution in [3.05, 3.63) is 83.3 Å². The molecule has 12 heteroatoms. The van der Waals surface area contributed by atoms with Gasteiger partial charge in [0.15, 0.2) is 0 Å². The van der Waals surface area contributed by atoms with Crippen LogP contribution in [0.25, 0.3) is 10.9 Å². The lowest BCUT2D eigenvalue weighted by Gasteiger charge is -2.35. The number of hydrogen-bond donors (Lipinski definition) is 2. The van der Waals surface area contributed by atoms with Gasteiger partial charge in [0.1, 0.15) is 17.1 Å². The van der Waals surface area contributed by atoms with Crippen molar-refractivity contribution >= 4 is 34.5 Å². The molecule has 1 fully saturated rings. The molecule has 4 aromatic rings. The molecule has 2 atom stereocenters. The van der Waals surface area contributed by atoms with E-state index in [9.17, 15) is 14.4 Å². The van der Waals surface area contributed by atoms with Crippen LogP contribution in [0.1, 0.15) is 79.7 Å². The number of halogens is 1. The smallest absolute Gasteiger partial charge is 0.407 e. The highest BCUT2D eigenvalue weighted by atomic mass is 19.1. The lowest BCUT2D eigenvalue weighted by molar-refractivity contribution is -0.132. The molecule has 1 unspecified atom stereocenters. The largest absolute Gasteiger partial charge is 0.444 e. The monoisotopic (exact) mass is 688 g/mol. The van der Waals surface area contributed by atoms with Crippen molar-refractivity contribution < 1.29 is 28.2 Å². The van der Waals surface area contributed by atoms with Crippen LogP contribution in [0.4, 0.5) is 14.9 Å². The molecule has 0 spiro atoms. The summed E-state index contributed by atoms with van der Waals surface area (Å²) in [4.78, 5) is 45.4. The maximum Gasteiger partial charge on any atom is 0.407 e. The first-order valence-electron chi connectivity index (χ1n) is 17.2. The Kier molecular flexibility index (Phi) is 11.6. The molecule has 0 aliphatic carbocycles. The molecule has 2 N–H and O–H groups in total. The molecule has 5 rings (SSSR count). The van der Waals surface area contributed by atoms with Gasteiger partial charge in [0.25, 0.3) is 5.91 Å². The average Bonchev–Trinajstić information content (AvgIpc) is 3.62. The van der Waals surface area contributed by atoms with E-state index in [1.165, 1.54) is 6.07 Å². The van der Waals surface area contributed by atoms with Crippen LogP contribution in [0.3, 0.4) is 0 Å². The number of carbonyl (C=O) groups is 3. The molecule has 2 aromatic carbocycles. The number of nitrogens with zero attached hydrogens (tertiary/aromatic N) is 4. The zero-order chi connectivity index (χ0) is 36.0. The van der Waals surface area contributed by atoms with Crippen molar-refractivity contribution in [1.82, 2.24) is 24.3 Å². The number of fused-ring (bicyclic) bond motifs is 1. The van der Waals surface area contributed by atoms with Crippen LogP contribution < -0.4 is 10.6 Å². The number of benzene rings is 2. The fourth-order valence-electron chi connectivity index (χ4n) is 6.83. The third-order valence-corrected chi connectivity index (χ3v) is 9.00. The Labute approximate surface area is 293 Å². The average molecular weight is 689 g/mol. The van der Waals surface area contributed by atoms with E-state index in [-0.39, 0.29) is 30.0 Å². The summed E-state index contributed by atoms with van der Waals surface area (Å²) in [5, 5.41) is 6.67. The maximum absolute atomic E-state index is 15.2. The number of carbonyl (C=O) groups excluding carboxylic acids is 3. The zero-order valence-electron chi connectivity index (χ0n) is 29.9. The molecular weight excluding hydrogens is 639 g/mol. The molecule has 1 saturated heterocycles. The van der Waals surface area contributed by atoms with Crippen molar-refractivity contribution in [1.29, 1.82) is 0 Å². The lowest BCUT2D eigenvalue weighted by atomic mass is 9.91. The van der Waals surface area contributed by atoms with Crippen LogP contribution >= 0.6 is 0 Å². The first-order chi connectivity index (χ1) is 23.8. The van der Waals surface area contributed by atoms with E-state index in [0.717, 1.165) is 41.5 Å². The second-order valence-electron chi connectivity index (χ2n) is 14.1. The summed E-state index contributed by atoms with van der Waals surface area (Å²) in [6.07, 6.45) is 5.51. The topological polar surface area (TPSA) is 120 Å². The minimum Gasteiger partial charge on any atom is -0.444 e. The van der Waals surface area contributed by atoms with Gasteiger partial charge in [0.2, 0.25) is 5.91 Å². The Balaban J connectivity index is 1.31. The Morgan fingerprint density at radius 2 is 1.88 bits per heavy atom. The number of hydrogen-bond acceptors (Lipinski definition) is 6. The number of anilines is 1. The molecular formula is C38H49FN6O5. The third kappa shape index (κ3) is 9.09. The number of nitrogens with one attached hydrogen (secondary N) is 2. The van der Waals surface area contributed by atoms with Gasteiger partial charge in [-0.25, -0.2) is 14.2 Å². The second-order valence-corrected chi connectivity index (χ2v) is 14.1. The Bertz CT molecular complexity index is 1810. The number of piperidine rings is 1. The molecule has 268 valence electrons. The number of methoxy groups -OCH3 is 1. The summed E-state index contributed by atoms with van der Waals surface area (Å²) in [5.74, 6) is -0.601. The van der Waals surface area contributed by atoms with E-state index >= 15 is 4.39 Å². The normalized spacial score (nSPS) is 15.6. The second kappa shape index (κ2) is 15.9. The first-order valence-corrected chi connectivity index (χ1v) is 17.2. The number of aromatic nitrogens is 3. The van der Waals surface area contributed by atoms with E-state index in [4.69, 9.17) is 9.47 Å². The van der Waals surface area contributed by atoms with Gasteiger partial charge in [-0.15, -0.1) is 0 Å². The fraction of sp³-hybridized carbons (Fsp3) is 0.474. The van der Waals surface area contributed by atoms with Gasteiger partial charge < -0.3 is 34.1 Å². The van der Waals surface area contributed by atoms with Crippen molar-refractivity contribution in [3.8, 4) is 0 Å². The van der Waals surface area contributed by atoms with Gasteiger partial charge >= 0.3 is 6.09 Å². The molecule has 50 heavy (non-hydrogen) atoms. The van der Waals surface area contributed by atoms with E-state index in [1.54, 1.807) is 70.2 Å². The molecule has 11 nitrogen and oxygen atoms in total. The highest BCUT2D eigenvalue weighted by molar-refractivity contribution is 6.02. The number of ether oxygens (including phenoxy) is 2. The molecule has 3 heterocycles. The predicted octanol–water partition coefficient (Wildman–Crippen LogP) is 6.34. The van der Waals surface area contributed by atoms with Gasteiger partial charge in [-0.05, 0) is 82.7 Å². The Hall–Kier alpha value is -4.71. The van der Waals surface area contributed by atoms with Crippen LogP contribution in [0.5, 0.6) is 0 Å². The van der Waals surface area contributed by atoms with Crippen LogP contribution in [-0.2, 0) is 34.3 Å². The Morgan fingerprint density at radius 3 is 2.56 bits per heavy atom. The highest BCUT2D eigenvalue weighted by Gasteiger charge is 2.31. The number of amides is 3. The van der Waals surface area contributed by atoms with Gasteiger partial charge in [-0.1, -0.05) is 24.3 Å². The number of rotatable bonds is 12.